The molecule has 1 amide bonds. The van der Waals surface area contributed by atoms with Gasteiger partial charge in [-0.25, -0.2) is 15.0 Å². The Labute approximate surface area is 144 Å². The van der Waals surface area contributed by atoms with Gasteiger partial charge in [0.25, 0.3) is 5.91 Å². The normalized spacial score (nSPS) is 15.2. The molecule has 25 heavy (non-hydrogen) atoms. The first-order chi connectivity index (χ1) is 12.0. The summed E-state index contributed by atoms with van der Waals surface area (Å²) in [5.74, 6) is 1.35. The number of hydrogen-bond acceptors (Lipinski definition) is 6. The number of fused-ring (bicyclic) bond motifs is 1. The number of furan rings is 1. The molecular weight excluding hydrogens is 318 g/mol. The molecule has 1 saturated carbocycles. The van der Waals surface area contributed by atoms with Crippen LogP contribution in [0, 0.1) is 13.8 Å². The van der Waals surface area contributed by atoms with Crippen molar-refractivity contribution in [2.75, 3.05) is 10.6 Å². The molecule has 7 nitrogen and oxygen atoms in total. The maximum absolute atomic E-state index is 12.9. The number of nitrogens with one attached hydrogen (secondary N) is 2. The molecule has 7 heteroatoms. The minimum atomic E-state index is -0.284. The molecule has 3 aromatic rings. The zero-order chi connectivity index (χ0) is 17.6. The highest BCUT2D eigenvalue weighted by atomic mass is 16.3. The van der Waals surface area contributed by atoms with Crippen LogP contribution in [0.4, 0.5) is 11.6 Å². The first kappa shape index (κ1) is 15.6. The first-order valence-electron chi connectivity index (χ1n) is 8.22. The average Bonchev–Trinajstić information content (AvgIpc) is 3.16. The summed E-state index contributed by atoms with van der Waals surface area (Å²) in [6, 6.07) is 5.48. The number of amides is 1. The molecule has 0 aromatic carbocycles. The Bertz CT molecular complexity index is 975. The van der Waals surface area contributed by atoms with Crippen molar-refractivity contribution in [1.29, 1.82) is 0 Å². The van der Waals surface area contributed by atoms with Gasteiger partial charge in [0, 0.05) is 11.2 Å². The molecule has 0 atom stereocenters. The zero-order valence-corrected chi connectivity index (χ0v) is 14.4. The van der Waals surface area contributed by atoms with Gasteiger partial charge in [-0.2, -0.15) is 0 Å². The minimum Gasteiger partial charge on any atom is -0.442 e. The third kappa shape index (κ3) is 2.93. The molecule has 1 aliphatic rings. The molecule has 1 fully saturated rings. The Morgan fingerprint density at radius 1 is 1.24 bits per heavy atom. The van der Waals surface area contributed by atoms with Crippen molar-refractivity contribution in [3.63, 3.8) is 0 Å². The summed E-state index contributed by atoms with van der Waals surface area (Å²) in [7, 11) is 0. The van der Waals surface area contributed by atoms with E-state index in [1.165, 1.54) is 6.33 Å². The fraction of sp³-hybridized carbons (Fsp3) is 0.333. The van der Waals surface area contributed by atoms with E-state index in [9.17, 15) is 4.79 Å². The molecule has 0 spiro atoms. The van der Waals surface area contributed by atoms with Crippen molar-refractivity contribution in [3.8, 4) is 0 Å². The van der Waals surface area contributed by atoms with Crippen LogP contribution < -0.4 is 10.6 Å². The second-order valence-corrected chi connectivity index (χ2v) is 6.74. The van der Waals surface area contributed by atoms with Gasteiger partial charge >= 0.3 is 0 Å². The van der Waals surface area contributed by atoms with Gasteiger partial charge in [0.2, 0.25) is 5.71 Å². The summed E-state index contributed by atoms with van der Waals surface area (Å²) in [6.07, 6.45) is 3.59. The third-order valence-corrected chi connectivity index (χ3v) is 4.44. The number of carbonyl (C=O) groups is 1. The Balaban J connectivity index is 1.75. The maximum atomic E-state index is 12.9. The quantitative estimate of drug-likeness (QED) is 0.757. The molecule has 0 saturated heterocycles. The van der Waals surface area contributed by atoms with Crippen molar-refractivity contribution in [3.05, 3.63) is 41.5 Å². The van der Waals surface area contributed by atoms with Crippen LogP contribution in [-0.2, 0) is 0 Å². The molecule has 0 aliphatic heterocycles. The number of aromatic nitrogens is 3. The van der Waals surface area contributed by atoms with E-state index in [-0.39, 0.29) is 11.4 Å². The average molecular weight is 337 g/mol. The van der Waals surface area contributed by atoms with Crippen molar-refractivity contribution < 1.29 is 9.21 Å². The lowest BCUT2D eigenvalue weighted by molar-refractivity contribution is 0.102. The van der Waals surface area contributed by atoms with E-state index >= 15 is 0 Å². The highest BCUT2D eigenvalue weighted by Crippen LogP contribution is 2.40. The fourth-order valence-corrected chi connectivity index (χ4v) is 2.80. The van der Waals surface area contributed by atoms with E-state index in [2.05, 4.69) is 32.5 Å². The lowest BCUT2D eigenvalue weighted by atomic mass is 10.1. The maximum Gasteiger partial charge on any atom is 0.261 e. The van der Waals surface area contributed by atoms with Gasteiger partial charge in [-0.3, -0.25) is 4.79 Å². The van der Waals surface area contributed by atoms with E-state index in [0.717, 1.165) is 18.5 Å². The minimum absolute atomic E-state index is 0.0261. The van der Waals surface area contributed by atoms with Gasteiger partial charge in [-0.05, 0) is 45.7 Å². The van der Waals surface area contributed by atoms with E-state index in [0.29, 0.717) is 34.1 Å². The van der Waals surface area contributed by atoms with Crippen LogP contribution in [0.25, 0.3) is 11.1 Å². The Hall–Kier alpha value is -2.96. The summed E-state index contributed by atoms with van der Waals surface area (Å²) < 4.78 is 5.68. The van der Waals surface area contributed by atoms with Gasteiger partial charge in [-0.15, -0.1) is 0 Å². The van der Waals surface area contributed by atoms with Crippen LogP contribution in [0.2, 0.25) is 0 Å². The molecule has 3 heterocycles. The van der Waals surface area contributed by atoms with Crippen molar-refractivity contribution in [1.82, 2.24) is 15.0 Å². The van der Waals surface area contributed by atoms with E-state index < -0.39 is 0 Å². The molecule has 2 N–H and O–H groups in total. The van der Waals surface area contributed by atoms with Crippen LogP contribution in [0.15, 0.2) is 28.9 Å². The molecule has 0 bridgehead atoms. The van der Waals surface area contributed by atoms with Crippen LogP contribution in [0.1, 0.15) is 41.6 Å². The third-order valence-electron chi connectivity index (χ3n) is 4.44. The summed E-state index contributed by atoms with van der Waals surface area (Å²) in [4.78, 5) is 25.7. The topological polar surface area (TPSA) is 92.9 Å². The van der Waals surface area contributed by atoms with E-state index in [4.69, 9.17) is 4.42 Å². The molecular formula is C18H19N5O2. The van der Waals surface area contributed by atoms with Crippen LogP contribution in [0.5, 0.6) is 0 Å². The highest BCUT2D eigenvalue weighted by molar-refractivity contribution is 6.15. The smallest absolute Gasteiger partial charge is 0.261 e. The van der Waals surface area contributed by atoms with Crippen LogP contribution in [0.3, 0.4) is 0 Å². The van der Waals surface area contributed by atoms with Gasteiger partial charge in [0.05, 0.1) is 10.9 Å². The molecule has 128 valence electrons. The number of hydrogen-bond donors (Lipinski definition) is 2. The second-order valence-electron chi connectivity index (χ2n) is 6.74. The summed E-state index contributed by atoms with van der Waals surface area (Å²) >= 11 is 0. The van der Waals surface area contributed by atoms with Crippen molar-refractivity contribution in [2.45, 2.75) is 39.2 Å². The number of pyridine rings is 1. The largest absolute Gasteiger partial charge is 0.442 e. The van der Waals surface area contributed by atoms with Crippen molar-refractivity contribution in [2.24, 2.45) is 0 Å². The summed E-state index contributed by atoms with van der Waals surface area (Å²) in [6.45, 7) is 5.76. The molecule has 4 rings (SSSR count). The summed E-state index contributed by atoms with van der Waals surface area (Å²) in [5, 5.41) is 6.85. The Kier molecular flexibility index (Phi) is 3.45. The monoisotopic (exact) mass is 337 g/mol. The van der Waals surface area contributed by atoms with Crippen LogP contribution >= 0.6 is 0 Å². The Morgan fingerprint density at radius 2 is 2.04 bits per heavy atom. The molecule has 0 unspecified atom stereocenters. The van der Waals surface area contributed by atoms with E-state index in [1.807, 2.05) is 19.1 Å². The fourth-order valence-electron chi connectivity index (χ4n) is 2.80. The van der Waals surface area contributed by atoms with Gasteiger partial charge < -0.3 is 15.1 Å². The number of nitrogens with zero attached hydrogens (tertiary/aromatic N) is 3. The predicted molar refractivity (Wildman–Crippen MR) is 94.7 cm³/mol. The van der Waals surface area contributed by atoms with Gasteiger partial charge in [0.1, 0.15) is 23.7 Å². The lowest BCUT2D eigenvalue weighted by Gasteiger charge is -2.13. The van der Waals surface area contributed by atoms with Crippen molar-refractivity contribution >= 4 is 28.6 Å². The molecule has 0 radical (unpaired) electrons. The van der Waals surface area contributed by atoms with Gasteiger partial charge in [0.15, 0.2) is 0 Å². The zero-order valence-electron chi connectivity index (χ0n) is 14.4. The standard InChI is InChI=1S/C18H19N5O2/c1-10-5-4-6-12(21-10)22-16(24)13-11(2)25-17-14(13)15(19-9-20-17)23-18(3)7-8-18/h4-6,9H,7-8H2,1-3H3,(H,19,20,23)(H,21,22,24). The Morgan fingerprint density at radius 3 is 2.76 bits per heavy atom. The SMILES string of the molecule is Cc1cccc(NC(=O)c2c(C)oc3ncnc(NC4(C)CC4)c23)n1. The predicted octanol–water partition coefficient (Wildman–Crippen LogP) is 3.45. The lowest BCUT2D eigenvalue weighted by Crippen LogP contribution is -2.19. The number of anilines is 2. The number of aryl methyl sites for hydroxylation is 2. The second kappa shape index (κ2) is 5.54. The molecule has 1 aliphatic carbocycles. The summed E-state index contributed by atoms with van der Waals surface area (Å²) in [5.41, 5.74) is 1.70. The van der Waals surface area contributed by atoms with E-state index in [1.54, 1.807) is 13.0 Å². The number of rotatable bonds is 4. The highest BCUT2D eigenvalue weighted by Gasteiger charge is 2.38. The van der Waals surface area contributed by atoms with Gasteiger partial charge in [-0.1, -0.05) is 6.07 Å². The number of carbonyl (C=O) groups excluding carboxylic acids is 1. The first-order valence-corrected chi connectivity index (χ1v) is 8.22. The van der Waals surface area contributed by atoms with Crippen LogP contribution in [-0.4, -0.2) is 26.4 Å². The molecule has 3 aromatic heterocycles.